The van der Waals surface area contributed by atoms with Crippen molar-refractivity contribution < 1.29 is 19.1 Å². The van der Waals surface area contributed by atoms with Crippen molar-refractivity contribution in [3.05, 3.63) is 114 Å². The van der Waals surface area contributed by atoms with Gasteiger partial charge in [-0.15, -0.1) is 0 Å². The number of pyridine rings is 1. The van der Waals surface area contributed by atoms with E-state index in [0.29, 0.717) is 31.6 Å². The molecule has 1 N–H and O–H groups in total. The minimum atomic E-state index is -0.341. The normalized spacial score (nSPS) is 10.9. The van der Waals surface area contributed by atoms with Gasteiger partial charge >= 0.3 is 5.97 Å². The maximum absolute atomic E-state index is 12.6. The number of nitrogens with zero attached hydrogens (tertiary/aromatic N) is 1. The number of anilines is 1. The van der Waals surface area contributed by atoms with Gasteiger partial charge in [0.2, 0.25) is 5.91 Å². The fraction of sp³-hybridized carbons (Fsp3) is 0.156. The highest BCUT2D eigenvalue weighted by Gasteiger charge is 2.08. The number of ether oxygens (including phenoxy) is 2. The molecule has 0 radical (unpaired) electrons. The third-order valence-corrected chi connectivity index (χ3v) is 6.24. The highest BCUT2D eigenvalue weighted by atomic mass is 16.5. The zero-order chi connectivity index (χ0) is 26.3. The van der Waals surface area contributed by atoms with E-state index in [1.807, 2.05) is 78.9 Å². The molecule has 0 aliphatic rings. The minimum Gasteiger partial charge on any atom is -0.487 e. The van der Waals surface area contributed by atoms with Crippen LogP contribution in [0.5, 0.6) is 5.75 Å². The van der Waals surface area contributed by atoms with Gasteiger partial charge in [0, 0.05) is 17.5 Å². The second-order valence-electron chi connectivity index (χ2n) is 8.97. The van der Waals surface area contributed by atoms with Crippen LogP contribution in [0.1, 0.15) is 35.0 Å². The number of amides is 1. The summed E-state index contributed by atoms with van der Waals surface area (Å²) in [7, 11) is 0. The molecule has 0 aliphatic carbocycles. The highest BCUT2D eigenvalue weighted by Crippen LogP contribution is 2.25. The van der Waals surface area contributed by atoms with Crippen molar-refractivity contribution >= 4 is 39.2 Å². The first-order valence-corrected chi connectivity index (χ1v) is 12.6. The molecule has 0 unspecified atom stereocenters. The van der Waals surface area contributed by atoms with E-state index in [2.05, 4.69) is 16.4 Å². The van der Waals surface area contributed by atoms with Crippen molar-refractivity contribution in [1.29, 1.82) is 0 Å². The molecule has 0 spiro atoms. The Labute approximate surface area is 221 Å². The van der Waals surface area contributed by atoms with Crippen molar-refractivity contribution in [2.45, 2.75) is 26.4 Å². The van der Waals surface area contributed by atoms with E-state index < -0.39 is 0 Å². The van der Waals surface area contributed by atoms with Crippen molar-refractivity contribution in [2.75, 3.05) is 11.9 Å². The Bertz CT molecular complexity index is 1600. The Morgan fingerprint density at radius 3 is 2.45 bits per heavy atom. The SMILES string of the molecule is CCOC(=O)c1ccc(CCC(=O)Nc2ccc3ccc(OCc4ccc5ccccc5n4)cc3c2)cc1. The Hall–Kier alpha value is -4.71. The molecule has 1 aromatic heterocycles. The zero-order valence-corrected chi connectivity index (χ0v) is 21.1. The van der Waals surface area contributed by atoms with E-state index in [1.54, 1.807) is 19.1 Å². The van der Waals surface area contributed by atoms with Crippen LogP contribution in [0.25, 0.3) is 21.7 Å². The smallest absolute Gasteiger partial charge is 0.338 e. The van der Waals surface area contributed by atoms with E-state index in [1.165, 1.54) is 0 Å². The predicted molar refractivity (Wildman–Crippen MR) is 149 cm³/mol. The molecule has 4 aromatic carbocycles. The van der Waals surface area contributed by atoms with E-state index >= 15 is 0 Å². The van der Waals surface area contributed by atoms with Gasteiger partial charge in [0.05, 0.1) is 23.4 Å². The second kappa shape index (κ2) is 11.6. The van der Waals surface area contributed by atoms with Gasteiger partial charge in [-0.2, -0.15) is 0 Å². The summed E-state index contributed by atoms with van der Waals surface area (Å²) in [6, 6.07) is 30.9. The van der Waals surface area contributed by atoms with E-state index in [9.17, 15) is 9.59 Å². The number of fused-ring (bicyclic) bond motifs is 2. The third kappa shape index (κ3) is 6.16. The second-order valence-corrected chi connectivity index (χ2v) is 8.97. The van der Waals surface area contributed by atoms with E-state index in [4.69, 9.17) is 9.47 Å². The molecule has 6 heteroatoms. The van der Waals surface area contributed by atoms with Gasteiger partial charge in [-0.1, -0.05) is 48.5 Å². The summed E-state index contributed by atoms with van der Waals surface area (Å²) in [4.78, 5) is 29.0. The molecule has 190 valence electrons. The average molecular weight is 505 g/mol. The number of nitrogens with one attached hydrogen (secondary N) is 1. The number of carbonyl (C=O) groups is 2. The Morgan fingerprint density at radius 1 is 0.816 bits per heavy atom. The third-order valence-electron chi connectivity index (χ3n) is 6.24. The summed E-state index contributed by atoms with van der Waals surface area (Å²) in [6.07, 6.45) is 0.905. The van der Waals surface area contributed by atoms with Crippen LogP contribution in [0, 0.1) is 0 Å². The molecule has 0 aliphatic heterocycles. The number of rotatable bonds is 9. The fourth-order valence-electron chi connectivity index (χ4n) is 4.24. The van der Waals surface area contributed by atoms with Crippen LogP contribution in [0.3, 0.4) is 0 Å². The monoisotopic (exact) mass is 504 g/mol. The van der Waals surface area contributed by atoms with Gasteiger partial charge in [-0.05, 0) is 78.2 Å². The Morgan fingerprint density at radius 2 is 1.61 bits per heavy atom. The van der Waals surface area contributed by atoms with Crippen LogP contribution >= 0.6 is 0 Å². The molecule has 5 aromatic rings. The summed E-state index contributed by atoms with van der Waals surface area (Å²) in [5.41, 5.74) is 4.03. The molecular weight excluding hydrogens is 476 g/mol. The van der Waals surface area contributed by atoms with Crippen molar-refractivity contribution in [3.8, 4) is 5.75 Å². The molecule has 0 bridgehead atoms. The van der Waals surface area contributed by atoms with E-state index in [-0.39, 0.29) is 11.9 Å². The number of benzene rings is 4. The number of hydrogen-bond donors (Lipinski definition) is 1. The molecule has 0 saturated heterocycles. The maximum Gasteiger partial charge on any atom is 0.338 e. The summed E-state index contributed by atoms with van der Waals surface area (Å²) in [5.74, 6) is 0.322. The lowest BCUT2D eigenvalue weighted by Gasteiger charge is -2.10. The summed E-state index contributed by atoms with van der Waals surface area (Å²) in [6.45, 7) is 2.48. The zero-order valence-electron chi connectivity index (χ0n) is 21.1. The van der Waals surface area contributed by atoms with Crippen LogP contribution in [0.4, 0.5) is 5.69 Å². The summed E-state index contributed by atoms with van der Waals surface area (Å²) >= 11 is 0. The molecule has 0 saturated carbocycles. The topological polar surface area (TPSA) is 77.5 Å². The molecule has 6 nitrogen and oxygen atoms in total. The van der Waals surface area contributed by atoms with Gasteiger partial charge in [0.25, 0.3) is 0 Å². The van der Waals surface area contributed by atoms with Gasteiger partial charge in [0.15, 0.2) is 0 Å². The number of hydrogen-bond acceptors (Lipinski definition) is 5. The first kappa shape index (κ1) is 25.0. The molecule has 1 heterocycles. The van der Waals surface area contributed by atoms with Gasteiger partial charge in [-0.3, -0.25) is 4.79 Å². The minimum absolute atomic E-state index is 0.0754. The van der Waals surface area contributed by atoms with Crippen LogP contribution in [0.15, 0.2) is 97.1 Å². The quantitative estimate of drug-likeness (QED) is 0.226. The lowest BCUT2D eigenvalue weighted by atomic mass is 10.1. The molecule has 0 fully saturated rings. The first-order chi connectivity index (χ1) is 18.6. The number of para-hydroxylation sites is 1. The molecule has 1 amide bonds. The largest absolute Gasteiger partial charge is 0.487 e. The number of carbonyl (C=O) groups excluding carboxylic acids is 2. The van der Waals surface area contributed by atoms with Gasteiger partial charge in [-0.25, -0.2) is 9.78 Å². The molecule has 5 rings (SSSR count). The van der Waals surface area contributed by atoms with Crippen LogP contribution in [-0.2, 0) is 22.6 Å². The standard InChI is InChI=1S/C32H28N2O4/c1-2-37-32(36)25-10-7-22(8-11-25)9-18-31(35)34-27-15-12-23-14-17-29(20-26(23)19-27)38-21-28-16-13-24-5-3-4-6-30(24)33-28/h3-8,10-17,19-20H,2,9,18,21H2,1H3,(H,34,35). The maximum atomic E-state index is 12.6. The average Bonchev–Trinajstić information content (AvgIpc) is 2.95. The fourth-order valence-corrected chi connectivity index (χ4v) is 4.24. The number of aromatic nitrogens is 1. The van der Waals surface area contributed by atoms with Crippen molar-refractivity contribution in [1.82, 2.24) is 4.98 Å². The Kier molecular flexibility index (Phi) is 7.59. The molecular formula is C32H28N2O4. The van der Waals surface area contributed by atoms with Crippen molar-refractivity contribution in [2.24, 2.45) is 0 Å². The summed E-state index contributed by atoms with van der Waals surface area (Å²) < 4.78 is 11.0. The predicted octanol–water partition coefficient (Wildman–Crippen LogP) is 6.72. The Balaban J connectivity index is 1.18. The van der Waals surface area contributed by atoms with Gasteiger partial charge in [0.1, 0.15) is 12.4 Å². The molecule has 38 heavy (non-hydrogen) atoms. The lowest BCUT2D eigenvalue weighted by molar-refractivity contribution is -0.116. The first-order valence-electron chi connectivity index (χ1n) is 12.6. The molecule has 0 atom stereocenters. The lowest BCUT2D eigenvalue weighted by Crippen LogP contribution is -2.12. The van der Waals surface area contributed by atoms with Crippen LogP contribution in [-0.4, -0.2) is 23.5 Å². The van der Waals surface area contributed by atoms with Crippen LogP contribution in [0.2, 0.25) is 0 Å². The number of aryl methyl sites for hydroxylation is 1. The summed E-state index contributed by atoms with van der Waals surface area (Å²) in [5, 5.41) is 6.11. The van der Waals surface area contributed by atoms with Gasteiger partial charge < -0.3 is 14.8 Å². The van der Waals surface area contributed by atoms with Crippen LogP contribution < -0.4 is 10.1 Å². The highest BCUT2D eigenvalue weighted by molar-refractivity contribution is 5.95. The van der Waals surface area contributed by atoms with E-state index in [0.717, 1.165) is 44.4 Å². The number of esters is 1. The van der Waals surface area contributed by atoms with Crippen molar-refractivity contribution in [3.63, 3.8) is 0 Å².